The predicted molar refractivity (Wildman–Crippen MR) is 270 cm³/mol. The fourth-order valence-corrected chi connectivity index (χ4v) is 8.72. The highest BCUT2D eigenvalue weighted by atomic mass is 16.6. The van der Waals surface area contributed by atoms with Crippen molar-refractivity contribution in [2.24, 2.45) is 5.92 Å². The Hall–Kier alpha value is -1.59. The van der Waals surface area contributed by atoms with Gasteiger partial charge >= 0.3 is 17.9 Å². The van der Waals surface area contributed by atoms with Crippen LogP contribution in [0.2, 0.25) is 0 Å². The lowest BCUT2D eigenvalue weighted by molar-refractivity contribution is -0.167. The van der Waals surface area contributed by atoms with Crippen molar-refractivity contribution in [3.63, 3.8) is 0 Å². The molecule has 6 nitrogen and oxygen atoms in total. The second kappa shape index (κ2) is 51.4. The molecule has 0 fully saturated rings. The molecule has 0 amide bonds. The van der Waals surface area contributed by atoms with Gasteiger partial charge in [0, 0.05) is 19.3 Å². The number of esters is 3. The van der Waals surface area contributed by atoms with Crippen LogP contribution in [0.25, 0.3) is 0 Å². The third kappa shape index (κ3) is 49.7. The van der Waals surface area contributed by atoms with Gasteiger partial charge in [-0.25, -0.2) is 0 Å². The number of carbonyl (C=O) groups excluding carboxylic acids is 3. The average Bonchev–Trinajstić information content (AvgIpc) is 3.28. The van der Waals surface area contributed by atoms with Gasteiger partial charge in [0.2, 0.25) is 0 Å². The molecule has 0 aromatic heterocycles. The Morgan fingerprint density at radius 1 is 0.317 bits per heavy atom. The molecule has 0 radical (unpaired) electrons. The molecular formula is C57H110O6. The zero-order chi connectivity index (χ0) is 45.9. The van der Waals surface area contributed by atoms with E-state index in [1.807, 2.05) is 0 Å². The first kappa shape index (κ1) is 61.4. The normalized spacial score (nSPS) is 12.4. The first-order chi connectivity index (χ1) is 30.9. The number of hydrogen-bond donors (Lipinski definition) is 0. The van der Waals surface area contributed by atoms with Crippen molar-refractivity contribution in [3.8, 4) is 0 Å². The zero-order valence-electron chi connectivity index (χ0n) is 43.0. The molecule has 0 aliphatic carbocycles. The molecule has 2 atom stereocenters. The summed E-state index contributed by atoms with van der Waals surface area (Å²) in [5.74, 6) is 0.0697. The Labute approximate surface area is 393 Å². The smallest absolute Gasteiger partial charge is 0.306 e. The second-order valence-corrected chi connectivity index (χ2v) is 19.8. The lowest BCUT2D eigenvalue weighted by Gasteiger charge is -2.18. The van der Waals surface area contributed by atoms with Gasteiger partial charge in [-0.05, 0) is 25.2 Å². The molecule has 0 aliphatic heterocycles. The van der Waals surface area contributed by atoms with Gasteiger partial charge in [0.05, 0.1) is 0 Å². The quantitative estimate of drug-likeness (QED) is 0.0344. The summed E-state index contributed by atoms with van der Waals surface area (Å²) in [6.07, 6.45) is 55.2. The molecule has 63 heavy (non-hydrogen) atoms. The lowest BCUT2D eigenvalue weighted by Crippen LogP contribution is -2.30. The van der Waals surface area contributed by atoms with Crippen LogP contribution in [0.1, 0.15) is 323 Å². The Morgan fingerprint density at radius 3 is 0.825 bits per heavy atom. The van der Waals surface area contributed by atoms with Crippen LogP contribution in [0.15, 0.2) is 0 Å². The van der Waals surface area contributed by atoms with Gasteiger partial charge in [-0.2, -0.15) is 0 Å². The van der Waals surface area contributed by atoms with Crippen LogP contribution in [0.5, 0.6) is 0 Å². The molecule has 0 saturated heterocycles. The molecule has 0 aromatic rings. The highest BCUT2D eigenvalue weighted by Crippen LogP contribution is 2.18. The van der Waals surface area contributed by atoms with Crippen molar-refractivity contribution in [1.82, 2.24) is 0 Å². The molecule has 0 N–H and O–H groups in total. The Kier molecular flexibility index (Phi) is 50.1. The highest BCUT2D eigenvalue weighted by Gasteiger charge is 2.19. The molecule has 0 heterocycles. The van der Waals surface area contributed by atoms with Gasteiger partial charge in [0.15, 0.2) is 6.10 Å². The van der Waals surface area contributed by atoms with Crippen LogP contribution < -0.4 is 0 Å². The summed E-state index contributed by atoms with van der Waals surface area (Å²) in [6.45, 7) is 9.09. The van der Waals surface area contributed by atoms with E-state index in [4.69, 9.17) is 14.2 Å². The predicted octanol–water partition coefficient (Wildman–Crippen LogP) is 18.6. The lowest BCUT2D eigenvalue weighted by atomic mass is 9.99. The van der Waals surface area contributed by atoms with E-state index < -0.39 is 6.10 Å². The number of hydrogen-bond acceptors (Lipinski definition) is 6. The van der Waals surface area contributed by atoms with Gasteiger partial charge in [-0.15, -0.1) is 0 Å². The van der Waals surface area contributed by atoms with Crippen LogP contribution in [0.4, 0.5) is 0 Å². The second-order valence-electron chi connectivity index (χ2n) is 19.8. The van der Waals surface area contributed by atoms with E-state index in [0.717, 1.165) is 63.7 Å². The summed E-state index contributed by atoms with van der Waals surface area (Å²) < 4.78 is 16.8. The van der Waals surface area contributed by atoms with E-state index in [1.54, 1.807) is 0 Å². The standard InChI is InChI=1S/C57H110O6/c1-5-8-10-12-14-16-18-25-29-33-37-41-45-49-56(59)62-52-54(51-61-55(58)48-44-40-36-32-17-15-13-11-9-6-2)63-57(60)50-46-42-38-34-30-27-24-22-20-19-21-23-26-28-31-35-39-43-47-53(4)7-3/h53-54H,5-52H2,1-4H3/t53?,54-/m0/s1. The van der Waals surface area contributed by atoms with Crippen molar-refractivity contribution in [2.75, 3.05) is 13.2 Å². The van der Waals surface area contributed by atoms with Gasteiger partial charge in [-0.3, -0.25) is 14.4 Å². The summed E-state index contributed by atoms with van der Waals surface area (Å²) in [5.41, 5.74) is 0. The van der Waals surface area contributed by atoms with Crippen molar-refractivity contribution in [3.05, 3.63) is 0 Å². The number of rotatable bonds is 52. The van der Waals surface area contributed by atoms with Crippen LogP contribution >= 0.6 is 0 Å². The van der Waals surface area contributed by atoms with Crippen molar-refractivity contribution in [2.45, 2.75) is 329 Å². The van der Waals surface area contributed by atoms with Crippen molar-refractivity contribution >= 4 is 17.9 Å². The number of carbonyl (C=O) groups is 3. The van der Waals surface area contributed by atoms with Crippen LogP contribution in [0.3, 0.4) is 0 Å². The fraction of sp³-hybridized carbons (Fsp3) is 0.947. The molecular weight excluding hydrogens is 781 g/mol. The number of unbranched alkanes of at least 4 members (excludes halogenated alkanes) is 38. The average molecular weight is 892 g/mol. The SMILES string of the molecule is CCCCCCCCCCCCCCCC(=O)OC[C@H](COC(=O)CCCCCCCCCCCC)OC(=O)CCCCCCCCCCCCCCCCCCCCC(C)CC. The Bertz CT molecular complexity index is 951. The van der Waals surface area contributed by atoms with Crippen LogP contribution in [-0.4, -0.2) is 37.2 Å². The minimum Gasteiger partial charge on any atom is -0.462 e. The molecule has 1 unspecified atom stereocenters. The summed E-state index contributed by atoms with van der Waals surface area (Å²) in [5, 5.41) is 0. The third-order valence-corrected chi connectivity index (χ3v) is 13.4. The van der Waals surface area contributed by atoms with E-state index in [9.17, 15) is 14.4 Å². The first-order valence-electron chi connectivity index (χ1n) is 28.4. The zero-order valence-corrected chi connectivity index (χ0v) is 43.0. The van der Waals surface area contributed by atoms with E-state index >= 15 is 0 Å². The first-order valence-corrected chi connectivity index (χ1v) is 28.4. The number of ether oxygens (including phenoxy) is 3. The molecule has 0 saturated carbocycles. The molecule has 6 heteroatoms. The highest BCUT2D eigenvalue weighted by molar-refractivity contribution is 5.71. The molecule has 0 aliphatic rings. The van der Waals surface area contributed by atoms with Gasteiger partial charge in [-0.1, -0.05) is 285 Å². The summed E-state index contributed by atoms with van der Waals surface area (Å²) in [7, 11) is 0. The monoisotopic (exact) mass is 891 g/mol. The summed E-state index contributed by atoms with van der Waals surface area (Å²) in [4.78, 5) is 38.0. The van der Waals surface area contributed by atoms with Crippen molar-refractivity contribution < 1.29 is 28.6 Å². The fourth-order valence-electron chi connectivity index (χ4n) is 8.72. The van der Waals surface area contributed by atoms with E-state index in [-0.39, 0.29) is 31.1 Å². The minimum absolute atomic E-state index is 0.0621. The maximum Gasteiger partial charge on any atom is 0.306 e. The Balaban J connectivity index is 4.20. The van der Waals surface area contributed by atoms with E-state index in [2.05, 4.69) is 27.7 Å². The molecule has 0 bridgehead atoms. The summed E-state index contributed by atoms with van der Waals surface area (Å²) >= 11 is 0. The van der Waals surface area contributed by atoms with Crippen molar-refractivity contribution in [1.29, 1.82) is 0 Å². The van der Waals surface area contributed by atoms with Crippen LogP contribution in [-0.2, 0) is 28.6 Å². The minimum atomic E-state index is -0.760. The Morgan fingerprint density at radius 2 is 0.556 bits per heavy atom. The van der Waals surface area contributed by atoms with Crippen LogP contribution in [0, 0.1) is 5.92 Å². The third-order valence-electron chi connectivity index (χ3n) is 13.4. The molecule has 374 valence electrons. The van der Waals surface area contributed by atoms with Gasteiger partial charge in [0.1, 0.15) is 13.2 Å². The largest absolute Gasteiger partial charge is 0.462 e. The summed E-state index contributed by atoms with van der Waals surface area (Å²) in [6, 6.07) is 0. The van der Waals surface area contributed by atoms with E-state index in [0.29, 0.717) is 19.3 Å². The maximum atomic E-state index is 12.8. The maximum absolute atomic E-state index is 12.8. The molecule has 0 aromatic carbocycles. The topological polar surface area (TPSA) is 78.9 Å². The van der Waals surface area contributed by atoms with E-state index in [1.165, 1.54) is 218 Å². The molecule has 0 rings (SSSR count). The molecule has 0 spiro atoms. The van der Waals surface area contributed by atoms with Gasteiger partial charge < -0.3 is 14.2 Å². The van der Waals surface area contributed by atoms with Gasteiger partial charge in [0.25, 0.3) is 0 Å².